The highest BCUT2D eigenvalue weighted by molar-refractivity contribution is 8.00. The molecule has 29 heteroatoms. The van der Waals surface area contributed by atoms with E-state index in [4.69, 9.17) is 9.47 Å². The van der Waals surface area contributed by atoms with E-state index < -0.39 is 42.2 Å². The summed E-state index contributed by atoms with van der Waals surface area (Å²) in [4.78, 5) is 97.1. The number of likely N-dealkylation sites (N-methyl/N-ethyl adjacent to an activating group) is 1. The number of ether oxygens (including phenoxy) is 2. The van der Waals surface area contributed by atoms with E-state index in [1.54, 1.807) is 69.6 Å². The Morgan fingerprint density at radius 3 is 2.03 bits per heavy atom. The minimum Gasteiger partial charge on any atom is -0.363 e. The summed E-state index contributed by atoms with van der Waals surface area (Å²) in [5.74, 6) is 10.8. The Bertz CT molecular complexity index is 3450. The summed E-state index contributed by atoms with van der Waals surface area (Å²) in [5, 5.41) is 49.0. The molecule has 496 valence electrons. The maximum Gasteiger partial charge on any atom is 0.315 e. The zero-order valence-electron chi connectivity index (χ0n) is 53.2. The summed E-state index contributed by atoms with van der Waals surface area (Å²) in [5.41, 5.74) is 1.38. The number of tetrazole rings is 2. The maximum atomic E-state index is 14.6. The van der Waals surface area contributed by atoms with Crippen molar-refractivity contribution in [3.63, 3.8) is 0 Å². The highest BCUT2D eigenvalue weighted by Crippen LogP contribution is 2.34. The van der Waals surface area contributed by atoms with Crippen LogP contribution in [0.3, 0.4) is 0 Å². The topological polar surface area (TPSA) is 325 Å². The lowest BCUT2D eigenvalue weighted by atomic mass is 10.0. The number of urea groups is 1. The molecule has 26 nitrogen and oxygen atoms in total. The first-order chi connectivity index (χ1) is 45.1. The molecule has 93 heavy (non-hydrogen) atoms. The first-order valence-electron chi connectivity index (χ1n) is 31.5. The van der Waals surface area contributed by atoms with Crippen LogP contribution in [-0.2, 0) is 40.0 Å². The zero-order valence-corrected chi connectivity index (χ0v) is 55.7. The number of benzene rings is 3. The van der Waals surface area contributed by atoms with E-state index in [1.807, 2.05) is 72.4 Å². The van der Waals surface area contributed by atoms with Gasteiger partial charge in [0.05, 0.1) is 42.9 Å². The van der Waals surface area contributed by atoms with Crippen molar-refractivity contribution in [1.29, 1.82) is 0 Å². The van der Waals surface area contributed by atoms with Crippen LogP contribution in [0.4, 0.5) is 10.5 Å². The largest absolute Gasteiger partial charge is 0.363 e. The van der Waals surface area contributed by atoms with Crippen molar-refractivity contribution in [1.82, 2.24) is 82.5 Å². The van der Waals surface area contributed by atoms with Gasteiger partial charge in [-0.05, 0) is 160 Å². The second-order valence-corrected chi connectivity index (χ2v) is 26.3. The lowest BCUT2D eigenvalue weighted by Gasteiger charge is -2.32. The molecule has 0 aliphatic carbocycles. The molecule has 10 atom stereocenters. The number of carbonyl (C=O) groups is 7. The van der Waals surface area contributed by atoms with Crippen molar-refractivity contribution in [2.75, 3.05) is 58.0 Å². The molecule has 3 fully saturated rings. The van der Waals surface area contributed by atoms with Crippen molar-refractivity contribution < 1.29 is 43.0 Å². The van der Waals surface area contributed by atoms with Crippen molar-refractivity contribution >= 4 is 82.4 Å². The number of fused-ring (bicyclic) bond motifs is 1. The molecule has 5 aromatic rings. The molecule has 8 N–H and O–H groups in total. The number of amides is 7. The highest BCUT2D eigenvalue weighted by Gasteiger charge is 2.43. The summed E-state index contributed by atoms with van der Waals surface area (Å²) in [7, 11) is 3.39. The van der Waals surface area contributed by atoms with Gasteiger partial charge < -0.3 is 56.9 Å². The van der Waals surface area contributed by atoms with Crippen LogP contribution < -0.4 is 42.5 Å². The van der Waals surface area contributed by atoms with Gasteiger partial charge in [-0.1, -0.05) is 79.8 Å². The van der Waals surface area contributed by atoms with Gasteiger partial charge >= 0.3 is 6.03 Å². The molecule has 7 amide bonds. The van der Waals surface area contributed by atoms with Crippen LogP contribution in [0, 0.1) is 29.6 Å². The lowest BCUT2D eigenvalue weighted by molar-refractivity contribution is -0.141. The van der Waals surface area contributed by atoms with Crippen molar-refractivity contribution in [3.05, 3.63) is 90.0 Å². The van der Waals surface area contributed by atoms with Gasteiger partial charge in [0.1, 0.15) is 25.3 Å². The second kappa shape index (κ2) is 36.5. The third-order valence-corrected chi connectivity index (χ3v) is 19.4. The van der Waals surface area contributed by atoms with Crippen LogP contribution in [0.5, 0.6) is 0 Å². The summed E-state index contributed by atoms with van der Waals surface area (Å²) in [6.45, 7) is 8.17. The number of nitrogens with one attached hydrogen (secondary N) is 8. The molecule has 1 unspecified atom stereocenters. The van der Waals surface area contributed by atoms with E-state index >= 15 is 0 Å². The van der Waals surface area contributed by atoms with Gasteiger partial charge in [0.2, 0.25) is 39.8 Å². The monoisotopic (exact) mass is 1330 g/mol. The minimum atomic E-state index is -1.21. The quantitative estimate of drug-likeness (QED) is 0.0126. The average Bonchev–Trinajstić information content (AvgIpc) is 1.79. The third kappa shape index (κ3) is 21.6. The summed E-state index contributed by atoms with van der Waals surface area (Å²) in [6, 6.07) is 21.3. The fourth-order valence-electron chi connectivity index (χ4n) is 10.7. The number of anilines is 1. The zero-order chi connectivity index (χ0) is 66.1. The number of carbonyl (C=O) groups excluding carboxylic acids is 7. The predicted octanol–water partition coefficient (Wildman–Crippen LogP) is 4.28. The Morgan fingerprint density at radius 2 is 1.35 bits per heavy atom. The number of unbranched alkanes of at least 4 members (excludes halogenated alkanes) is 3. The van der Waals surface area contributed by atoms with E-state index in [9.17, 15) is 33.6 Å². The molecule has 3 aliphatic heterocycles. The third-order valence-electron chi connectivity index (χ3n) is 16.0. The second-order valence-electron chi connectivity index (χ2n) is 23.0. The normalized spacial score (nSPS) is 18.4. The van der Waals surface area contributed by atoms with E-state index in [2.05, 4.69) is 97.3 Å². The maximum absolute atomic E-state index is 14.6. The number of rotatable bonds is 33. The molecule has 3 aromatic carbocycles. The summed E-state index contributed by atoms with van der Waals surface area (Å²) in [6.07, 6.45) is 4.97. The molecule has 5 heterocycles. The molecule has 2 aromatic heterocycles. The fraction of sp³-hybridized carbons (Fsp3) is 0.516. The van der Waals surface area contributed by atoms with Gasteiger partial charge in [-0.15, -0.1) is 10.2 Å². The van der Waals surface area contributed by atoms with Crippen LogP contribution in [0.25, 0.3) is 0 Å². The van der Waals surface area contributed by atoms with E-state index in [0.717, 1.165) is 45.9 Å². The Labute approximate surface area is 555 Å². The minimum absolute atomic E-state index is 0.00301. The molecular formula is C64H83N17O9S3. The number of hydrogen-bond acceptors (Lipinski definition) is 20. The number of thioether (sulfide) groups is 1. The Hall–Kier alpha value is -7.90. The molecule has 0 saturated carbocycles. The molecule has 0 bridgehead atoms. The van der Waals surface area contributed by atoms with E-state index in [1.165, 1.54) is 23.5 Å². The van der Waals surface area contributed by atoms with Gasteiger partial charge in [0.25, 0.3) is 5.91 Å². The van der Waals surface area contributed by atoms with Crippen molar-refractivity contribution in [2.24, 2.45) is 5.92 Å². The van der Waals surface area contributed by atoms with Crippen LogP contribution in [0.2, 0.25) is 0 Å². The molecule has 8 rings (SSSR count). The predicted molar refractivity (Wildman–Crippen MR) is 353 cm³/mol. The first kappa shape index (κ1) is 71.0. The van der Waals surface area contributed by atoms with Crippen LogP contribution >= 0.6 is 35.3 Å². The lowest BCUT2D eigenvalue weighted by Crippen LogP contribution is -2.58. The number of likely N-dealkylation sites (tertiary alicyclic amines) is 1. The smallest absolute Gasteiger partial charge is 0.315 e. The van der Waals surface area contributed by atoms with Gasteiger partial charge in [0, 0.05) is 76.0 Å². The molecular weight excluding hydrogens is 1250 g/mol. The Morgan fingerprint density at radius 1 is 0.731 bits per heavy atom. The average molecular weight is 1330 g/mol. The first-order valence-corrected chi connectivity index (χ1v) is 34.1. The standard InChI is InChI=1S/C64H83N17O9S3/c1-41(38-65-5)58(84)70-56(61(87)81-64(74-76-78-81)93-50-26-12-8-13-27-50)44(4)90-34-20-22-46-35-45(36-47(37-46)68-54(83)30-14-9-17-31-67-53(82)29-16-15-28-52-57-51(40-91-52)69-62(88)72-57)21-19-33-89-43(3)55(71-59(85)42(2)66-6)60(86)79-32-18-23-48(79)39-80-63(73-75-77-80)92-49-24-10-7-11-25-49/h7-8,10-13,24-27,35-37,41-44,48,51-52,55-57,65-66H,9,14-18,23,28-34,38-40H2,1-6H3,(H,67,82)(H,68,83)(H,70,84)(H,71,85)(H2,69,72,88)/t41-,42+,43-,44-,48+,51+,52?,55+,56+,57+/m1/s1. The summed E-state index contributed by atoms with van der Waals surface area (Å²) >= 11 is 4.48. The molecule has 0 radical (unpaired) electrons. The highest BCUT2D eigenvalue weighted by atomic mass is 32.2. The van der Waals surface area contributed by atoms with Gasteiger partial charge in [-0.2, -0.15) is 16.4 Å². The summed E-state index contributed by atoms with van der Waals surface area (Å²) < 4.78 is 15.1. The van der Waals surface area contributed by atoms with Crippen LogP contribution in [0.15, 0.2) is 99.0 Å². The number of aromatic nitrogens is 8. The van der Waals surface area contributed by atoms with Crippen molar-refractivity contribution in [2.45, 2.75) is 172 Å². The number of hydrogen-bond donors (Lipinski definition) is 8. The fourth-order valence-corrected chi connectivity index (χ4v) is 13.8. The number of nitrogens with zero attached hydrogens (tertiary/aromatic N) is 9. The van der Waals surface area contributed by atoms with E-state index in [0.29, 0.717) is 85.5 Å². The van der Waals surface area contributed by atoms with Gasteiger partial charge in [-0.25, -0.2) is 9.48 Å². The Balaban J connectivity index is 0.912. The van der Waals surface area contributed by atoms with E-state index in [-0.39, 0.29) is 78.5 Å². The Kier molecular flexibility index (Phi) is 27.9. The van der Waals surface area contributed by atoms with Gasteiger partial charge in [-0.3, -0.25) is 28.8 Å². The SMILES string of the molecule is CNC[C@@H](C)C(=O)N[C@H](C(=O)n1nnnc1Sc1ccccc1)[C@@H](C)OCC#Cc1cc(C#CCO[C@H](C)[C@H](NC(=O)[C@H](C)NC)C(=O)N2CCC[C@H]2Cn2nnnc2Sc2ccccc2)cc(NC(=O)CCCCCNC(=O)CCCCC2SC[C@@H]3NC(=O)N[C@H]23)c1. The van der Waals surface area contributed by atoms with Crippen LogP contribution in [0.1, 0.15) is 108 Å². The molecule has 0 spiro atoms. The molecule has 3 saturated heterocycles. The van der Waals surface area contributed by atoms with Gasteiger partial charge in [0.15, 0.2) is 0 Å². The molecule has 3 aliphatic rings. The van der Waals surface area contributed by atoms with Crippen molar-refractivity contribution in [3.8, 4) is 23.7 Å². The van der Waals surface area contributed by atoms with Crippen LogP contribution in [-0.4, -0.2) is 193 Å².